The van der Waals surface area contributed by atoms with E-state index in [2.05, 4.69) is 15.0 Å². The molecule has 0 bridgehead atoms. The van der Waals surface area contributed by atoms with E-state index in [1.54, 1.807) is 36.5 Å². The van der Waals surface area contributed by atoms with E-state index in [0.29, 0.717) is 36.1 Å². The molecule has 0 radical (unpaired) electrons. The summed E-state index contributed by atoms with van der Waals surface area (Å²) in [5, 5.41) is 7.67. The number of sulfonamides is 1. The number of anilines is 1. The lowest BCUT2D eigenvalue weighted by Gasteiger charge is -2.13. The fraction of sp³-hybridized carbons (Fsp3) is 0.176. The molecule has 4 rings (SSSR count). The maximum Gasteiger partial charge on any atom is 0.262 e. The molecule has 1 aliphatic rings. The van der Waals surface area contributed by atoms with Gasteiger partial charge in [-0.05, 0) is 24.3 Å². The van der Waals surface area contributed by atoms with E-state index in [1.807, 2.05) is 0 Å². The van der Waals surface area contributed by atoms with Gasteiger partial charge in [-0.25, -0.2) is 13.1 Å². The van der Waals surface area contributed by atoms with Crippen molar-refractivity contribution >= 4 is 15.7 Å². The van der Waals surface area contributed by atoms with Crippen LogP contribution in [-0.2, 0) is 10.0 Å². The standard InChI is InChI=1S/C17H16N4O4S/c22-26(23,13-6-7-16-17(12-13)25-11-3-10-24-16)19-14-4-1-2-5-15(14)21-9-8-18-20-21/h1-2,4-9,12,19H,3,10-11H2. The minimum atomic E-state index is -3.82. The maximum atomic E-state index is 12.8. The smallest absolute Gasteiger partial charge is 0.262 e. The number of hydrogen-bond acceptors (Lipinski definition) is 6. The van der Waals surface area contributed by atoms with Crippen molar-refractivity contribution in [3.63, 3.8) is 0 Å². The van der Waals surface area contributed by atoms with E-state index < -0.39 is 10.0 Å². The Kier molecular flexibility index (Phi) is 4.21. The zero-order chi connectivity index (χ0) is 18.0. The van der Waals surface area contributed by atoms with E-state index in [4.69, 9.17) is 9.47 Å². The Morgan fingerprint density at radius 2 is 1.85 bits per heavy atom. The first kappa shape index (κ1) is 16.4. The number of fused-ring (bicyclic) bond motifs is 1. The molecule has 2 heterocycles. The predicted octanol–water partition coefficient (Wildman–Crippen LogP) is 2.23. The lowest BCUT2D eigenvalue weighted by atomic mass is 10.3. The van der Waals surface area contributed by atoms with E-state index in [1.165, 1.54) is 23.0 Å². The second-order valence-electron chi connectivity index (χ2n) is 5.63. The van der Waals surface area contributed by atoms with E-state index >= 15 is 0 Å². The quantitative estimate of drug-likeness (QED) is 0.755. The molecule has 0 atom stereocenters. The number of ether oxygens (including phenoxy) is 2. The Morgan fingerprint density at radius 1 is 1.04 bits per heavy atom. The molecule has 0 aliphatic carbocycles. The monoisotopic (exact) mass is 372 g/mol. The number of aromatic nitrogens is 3. The summed E-state index contributed by atoms with van der Waals surface area (Å²) in [7, 11) is -3.82. The van der Waals surface area contributed by atoms with Crippen LogP contribution >= 0.6 is 0 Å². The first-order valence-corrected chi connectivity index (χ1v) is 9.50. The SMILES string of the molecule is O=S(=O)(Nc1ccccc1-n1ccnn1)c1ccc2c(c1)OCCCO2. The van der Waals surface area contributed by atoms with Crippen LogP contribution in [0.1, 0.15) is 6.42 Å². The summed E-state index contributed by atoms with van der Waals surface area (Å²) >= 11 is 0. The summed E-state index contributed by atoms with van der Waals surface area (Å²) in [6, 6.07) is 11.5. The molecule has 9 heteroatoms. The van der Waals surface area contributed by atoms with Crippen LogP contribution in [0, 0.1) is 0 Å². The molecular weight excluding hydrogens is 356 g/mol. The van der Waals surface area contributed by atoms with Crippen molar-refractivity contribution in [1.82, 2.24) is 15.0 Å². The minimum Gasteiger partial charge on any atom is -0.490 e. The van der Waals surface area contributed by atoms with Gasteiger partial charge in [-0.1, -0.05) is 17.3 Å². The largest absolute Gasteiger partial charge is 0.490 e. The Labute approximate surface area is 150 Å². The average Bonchev–Trinajstić information content (AvgIpc) is 3.06. The van der Waals surface area contributed by atoms with Gasteiger partial charge in [0.15, 0.2) is 11.5 Å². The first-order chi connectivity index (χ1) is 12.6. The van der Waals surface area contributed by atoms with Crippen LogP contribution in [0.5, 0.6) is 11.5 Å². The normalized spacial score (nSPS) is 13.8. The molecule has 0 spiro atoms. The molecule has 1 aromatic heterocycles. The minimum absolute atomic E-state index is 0.0927. The van der Waals surface area contributed by atoms with Crippen LogP contribution in [0.2, 0.25) is 0 Å². The van der Waals surface area contributed by atoms with Crippen LogP contribution in [-0.4, -0.2) is 36.6 Å². The molecule has 1 N–H and O–H groups in total. The summed E-state index contributed by atoms with van der Waals surface area (Å²) in [4.78, 5) is 0.0927. The Bertz CT molecular complexity index is 1020. The predicted molar refractivity (Wildman–Crippen MR) is 94.2 cm³/mol. The fourth-order valence-electron chi connectivity index (χ4n) is 2.61. The summed E-state index contributed by atoms with van der Waals surface area (Å²) < 4.78 is 40.9. The van der Waals surface area contributed by atoms with Crippen molar-refractivity contribution < 1.29 is 17.9 Å². The average molecular weight is 372 g/mol. The van der Waals surface area contributed by atoms with Crippen LogP contribution in [0.25, 0.3) is 5.69 Å². The van der Waals surface area contributed by atoms with Crippen molar-refractivity contribution in [2.75, 3.05) is 17.9 Å². The lowest BCUT2D eigenvalue weighted by molar-refractivity contribution is 0.297. The van der Waals surface area contributed by atoms with Gasteiger partial charge in [-0.2, -0.15) is 0 Å². The zero-order valence-electron chi connectivity index (χ0n) is 13.7. The molecule has 2 aromatic carbocycles. The number of nitrogens with one attached hydrogen (secondary N) is 1. The summed E-state index contributed by atoms with van der Waals surface area (Å²) in [5.74, 6) is 0.972. The van der Waals surface area contributed by atoms with Crippen molar-refractivity contribution in [2.45, 2.75) is 11.3 Å². The lowest BCUT2D eigenvalue weighted by Crippen LogP contribution is -2.15. The fourth-order valence-corrected chi connectivity index (χ4v) is 3.70. The van der Waals surface area contributed by atoms with E-state index in [0.717, 1.165) is 6.42 Å². The van der Waals surface area contributed by atoms with Gasteiger partial charge < -0.3 is 9.47 Å². The van der Waals surface area contributed by atoms with Gasteiger partial charge in [-0.3, -0.25) is 4.72 Å². The van der Waals surface area contributed by atoms with Crippen LogP contribution in [0.3, 0.4) is 0 Å². The third kappa shape index (κ3) is 3.21. The zero-order valence-corrected chi connectivity index (χ0v) is 14.5. The third-order valence-corrected chi connectivity index (χ3v) is 5.21. The number of nitrogens with zero attached hydrogens (tertiary/aromatic N) is 3. The number of benzene rings is 2. The molecule has 1 aliphatic heterocycles. The van der Waals surface area contributed by atoms with Crippen molar-refractivity contribution in [3.8, 4) is 17.2 Å². The Balaban J connectivity index is 1.68. The van der Waals surface area contributed by atoms with Crippen molar-refractivity contribution in [2.24, 2.45) is 0 Å². The number of para-hydroxylation sites is 2. The van der Waals surface area contributed by atoms with Gasteiger partial charge in [0.2, 0.25) is 0 Å². The van der Waals surface area contributed by atoms with Gasteiger partial charge >= 0.3 is 0 Å². The molecule has 8 nitrogen and oxygen atoms in total. The second kappa shape index (κ2) is 6.68. The molecule has 26 heavy (non-hydrogen) atoms. The van der Waals surface area contributed by atoms with E-state index in [9.17, 15) is 8.42 Å². The highest BCUT2D eigenvalue weighted by atomic mass is 32.2. The Hall–Kier alpha value is -3.07. The molecule has 0 amide bonds. The number of hydrogen-bond donors (Lipinski definition) is 1. The molecular formula is C17H16N4O4S. The molecule has 0 fully saturated rings. The second-order valence-corrected chi connectivity index (χ2v) is 7.31. The summed E-state index contributed by atoms with van der Waals surface area (Å²) in [5.41, 5.74) is 0.966. The Morgan fingerprint density at radius 3 is 2.65 bits per heavy atom. The molecule has 134 valence electrons. The van der Waals surface area contributed by atoms with Crippen LogP contribution < -0.4 is 14.2 Å². The molecule has 0 saturated heterocycles. The van der Waals surface area contributed by atoms with Gasteiger partial charge in [-0.15, -0.1) is 5.10 Å². The van der Waals surface area contributed by atoms with Crippen molar-refractivity contribution in [1.29, 1.82) is 0 Å². The third-order valence-electron chi connectivity index (χ3n) is 3.85. The summed E-state index contributed by atoms with van der Waals surface area (Å²) in [6.07, 6.45) is 3.91. The highest BCUT2D eigenvalue weighted by Gasteiger charge is 2.20. The molecule has 0 saturated carbocycles. The van der Waals surface area contributed by atoms with Gasteiger partial charge in [0.25, 0.3) is 10.0 Å². The summed E-state index contributed by atoms with van der Waals surface area (Å²) in [6.45, 7) is 1.03. The number of rotatable bonds is 4. The van der Waals surface area contributed by atoms with Crippen LogP contribution in [0.15, 0.2) is 59.8 Å². The van der Waals surface area contributed by atoms with Gasteiger partial charge in [0, 0.05) is 12.5 Å². The first-order valence-electron chi connectivity index (χ1n) is 8.02. The molecule has 3 aromatic rings. The van der Waals surface area contributed by atoms with Crippen molar-refractivity contribution in [3.05, 3.63) is 54.9 Å². The topological polar surface area (TPSA) is 95.3 Å². The van der Waals surface area contributed by atoms with Crippen LogP contribution in [0.4, 0.5) is 5.69 Å². The maximum absolute atomic E-state index is 12.8. The molecule has 0 unspecified atom stereocenters. The highest BCUT2D eigenvalue weighted by Crippen LogP contribution is 2.33. The van der Waals surface area contributed by atoms with Gasteiger partial charge in [0.1, 0.15) is 0 Å². The van der Waals surface area contributed by atoms with Gasteiger partial charge in [0.05, 0.1) is 41.9 Å². The highest BCUT2D eigenvalue weighted by molar-refractivity contribution is 7.92. The van der Waals surface area contributed by atoms with E-state index in [-0.39, 0.29) is 4.90 Å².